The van der Waals surface area contributed by atoms with E-state index in [1.165, 1.54) is 6.26 Å². The van der Waals surface area contributed by atoms with E-state index in [0.717, 1.165) is 0 Å². The van der Waals surface area contributed by atoms with Crippen molar-refractivity contribution in [2.24, 2.45) is 5.92 Å². The van der Waals surface area contributed by atoms with Crippen LogP contribution in [0.5, 0.6) is 0 Å². The Morgan fingerprint density at radius 2 is 2.27 bits per heavy atom. The molecule has 2 aromatic heterocycles. The number of carbonyl (C=O) groups is 1. The van der Waals surface area contributed by atoms with Gasteiger partial charge in [0.2, 0.25) is 5.89 Å². The highest BCUT2D eigenvalue weighted by Gasteiger charge is 2.40. The van der Waals surface area contributed by atoms with Gasteiger partial charge in [-0.2, -0.15) is 4.98 Å². The summed E-state index contributed by atoms with van der Waals surface area (Å²) in [6, 6.07) is 1.70. The van der Waals surface area contributed by atoms with Gasteiger partial charge in [0.1, 0.15) is 5.76 Å². The van der Waals surface area contributed by atoms with Crippen LogP contribution in [0.1, 0.15) is 33.8 Å². The van der Waals surface area contributed by atoms with Gasteiger partial charge in [-0.05, 0) is 19.9 Å². The number of likely N-dealkylation sites (tertiary alicyclic amines) is 1. The third-order valence-corrected chi connectivity index (χ3v) is 4.06. The second-order valence-corrected chi connectivity index (χ2v) is 5.60. The minimum Gasteiger partial charge on any atom is -0.469 e. The number of aryl methyl sites for hydroxylation is 2. The van der Waals surface area contributed by atoms with E-state index in [-0.39, 0.29) is 17.7 Å². The lowest BCUT2D eigenvalue weighted by molar-refractivity contribution is 0.0773. The summed E-state index contributed by atoms with van der Waals surface area (Å²) in [5.41, 5.74) is 0.596. The molecule has 118 valence electrons. The SMILES string of the molecule is COC[C@@H]1CN(C(=O)c2ccoc2C)C[C@H]1c1nc(C)no1. The summed E-state index contributed by atoms with van der Waals surface area (Å²) < 4.78 is 15.8. The molecular weight excluding hydrogens is 286 g/mol. The van der Waals surface area contributed by atoms with Crippen molar-refractivity contribution in [1.29, 1.82) is 0 Å². The largest absolute Gasteiger partial charge is 0.469 e. The minimum atomic E-state index is -0.0360. The van der Waals surface area contributed by atoms with E-state index in [1.54, 1.807) is 31.9 Å². The molecule has 0 aromatic carbocycles. The zero-order valence-electron chi connectivity index (χ0n) is 12.9. The molecule has 22 heavy (non-hydrogen) atoms. The van der Waals surface area contributed by atoms with Crippen molar-refractivity contribution in [2.45, 2.75) is 19.8 Å². The molecule has 2 aromatic rings. The molecule has 0 bridgehead atoms. The van der Waals surface area contributed by atoms with Gasteiger partial charge in [-0.3, -0.25) is 4.79 Å². The first-order valence-electron chi connectivity index (χ1n) is 7.22. The van der Waals surface area contributed by atoms with E-state index in [4.69, 9.17) is 13.7 Å². The topological polar surface area (TPSA) is 81.6 Å². The second-order valence-electron chi connectivity index (χ2n) is 5.60. The Morgan fingerprint density at radius 1 is 1.45 bits per heavy atom. The van der Waals surface area contributed by atoms with Crippen molar-refractivity contribution < 1.29 is 18.5 Å². The standard InChI is InChI=1S/C15H19N3O4/c1-9-12(4-5-21-9)15(19)18-6-11(8-20-3)13(7-18)14-16-10(2)17-22-14/h4-5,11,13H,6-8H2,1-3H3/t11-,13+/m0/s1. The number of hydrogen-bond acceptors (Lipinski definition) is 6. The molecule has 0 unspecified atom stereocenters. The molecule has 1 fully saturated rings. The number of furan rings is 1. The Hall–Kier alpha value is -2.15. The predicted octanol–water partition coefficient (Wildman–Crippen LogP) is 1.78. The van der Waals surface area contributed by atoms with Crippen molar-refractivity contribution in [2.75, 3.05) is 26.8 Å². The fourth-order valence-electron chi connectivity index (χ4n) is 2.94. The monoisotopic (exact) mass is 305 g/mol. The smallest absolute Gasteiger partial charge is 0.257 e. The van der Waals surface area contributed by atoms with E-state index in [1.807, 2.05) is 0 Å². The maximum atomic E-state index is 12.6. The number of rotatable bonds is 4. The molecule has 2 atom stereocenters. The van der Waals surface area contributed by atoms with Gasteiger partial charge in [0.05, 0.1) is 24.4 Å². The Bertz CT molecular complexity index is 663. The first-order valence-corrected chi connectivity index (χ1v) is 7.22. The highest BCUT2D eigenvalue weighted by Crippen LogP contribution is 2.33. The van der Waals surface area contributed by atoms with Crippen molar-refractivity contribution in [3.8, 4) is 0 Å². The number of nitrogens with zero attached hydrogens (tertiary/aromatic N) is 3. The Morgan fingerprint density at radius 3 is 2.86 bits per heavy atom. The Kier molecular flexibility index (Phi) is 3.98. The molecule has 3 rings (SSSR count). The van der Waals surface area contributed by atoms with Crippen LogP contribution in [0.3, 0.4) is 0 Å². The average molecular weight is 305 g/mol. The second kappa shape index (κ2) is 5.92. The molecule has 1 aliphatic rings. The highest BCUT2D eigenvalue weighted by atomic mass is 16.5. The Labute approximate surface area is 128 Å². The number of aromatic nitrogens is 2. The minimum absolute atomic E-state index is 0.00249. The fraction of sp³-hybridized carbons (Fsp3) is 0.533. The van der Waals surface area contributed by atoms with Crippen LogP contribution < -0.4 is 0 Å². The van der Waals surface area contributed by atoms with E-state index in [9.17, 15) is 4.79 Å². The number of hydrogen-bond donors (Lipinski definition) is 0. The third kappa shape index (κ3) is 2.64. The van der Waals surface area contributed by atoms with Crippen molar-refractivity contribution in [3.63, 3.8) is 0 Å². The molecular formula is C15H19N3O4. The van der Waals surface area contributed by atoms with Crippen LogP contribution in [-0.4, -0.2) is 47.8 Å². The predicted molar refractivity (Wildman–Crippen MR) is 76.5 cm³/mol. The van der Waals surface area contributed by atoms with E-state index in [2.05, 4.69) is 10.1 Å². The van der Waals surface area contributed by atoms with Gasteiger partial charge >= 0.3 is 0 Å². The van der Waals surface area contributed by atoms with Crippen molar-refractivity contribution >= 4 is 5.91 Å². The molecule has 1 amide bonds. The zero-order chi connectivity index (χ0) is 15.7. The summed E-state index contributed by atoms with van der Waals surface area (Å²) in [4.78, 5) is 18.7. The van der Waals surface area contributed by atoms with Crippen LogP contribution in [0, 0.1) is 19.8 Å². The molecule has 7 nitrogen and oxygen atoms in total. The van der Waals surface area contributed by atoms with E-state index >= 15 is 0 Å². The van der Waals surface area contributed by atoms with Crippen LogP contribution in [0.2, 0.25) is 0 Å². The van der Waals surface area contributed by atoms with Crippen LogP contribution in [0.15, 0.2) is 21.3 Å². The van der Waals surface area contributed by atoms with Gasteiger partial charge in [0.15, 0.2) is 5.82 Å². The van der Waals surface area contributed by atoms with Crippen LogP contribution in [0.25, 0.3) is 0 Å². The maximum Gasteiger partial charge on any atom is 0.257 e. The normalized spacial score (nSPS) is 21.5. The van der Waals surface area contributed by atoms with E-state index < -0.39 is 0 Å². The lowest BCUT2D eigenvalue weighted by Gasteiger charge is -2.15. The van der Waals surface area contributed by atoms with Gasteiger partial charge in [-0.1, -0.05) is 5.16 Å². The van der Waals surface area contributed by atoms with Crippen molar-refractivity contribution in [1.82, 2.24) is 15.0 Å². The van der Waals surface area contributed by atoms with Crippen LogP contribution >= 0.6 is 0 Å². The molecule has 0 radical (unpaired) electrons. The molecule has 7 heteroatoms. The van der Waals surface area contributed by atoms with Gasteiger partial charge in [-0.15, -0.1) is 0 Å². The molecule has 0 aliphatic carbocycles. The van der Waals surface area contributed by atoms with Gasteiger partial charge in [0, 0.05) is 26.1 Å². The van der Waals surface area contributed by atoms with Gasteiger partial charge in [0.25, 0.3) is 5.91 Å². The first-order chi connectivity index (χ1) is 10.6. The number of amides is 1. The van der Waals surface area contributed by atoms with Gasteiger partial charge < -0.3 is 18.6 Å². The van der Waals surface area contributed by atoms with Crippen LogP contribution in [0.4, 0.5) is 0 Å². The Balaban J connectivity index is 1.81. The molecule has 1 aliphatic heterocycles. The molecule has 0 N–H and O–H groups in total. The summed E-state index contributed by atoms with van der Waals surface area (Å²) in [5, 5.41) is 3.84. The van der Waals surface area contributed by atoms with Crippen molar-refractivity contribution in [3.05, 3.63) is 35.4 Å². The van der Waals surface area contributed by atoms with E-state index in [0.29, 0.717) is 42.7 Å². The summed E-state index contributed by atoms with van der Waals surface area (Å²) in [7, 11) is 1.65. The summed E-state index contributed by atoms with van der Waals surface area (Å²) in [6.45, 7) is 5.25. The molecule has 0 spiro atoms. The maximum absolute atomic E-state index is 12.6. The first kappa shape index (κ1) is 14.8. The summed E-state index contributed by atoms with van der Waals surface area (Å²) >= 11 is 0. The van der Waals surface area contributed by atoms with Crippen LogP contribution in [-0.2, 0) is 4.74 Å². The van der Waals surface area contributed by atoms with Gasteiger partial charge in [-0.25, -0.2) is 0 Å². The fourth-order valence-corrected chi connectivity index (χ4v) is 2.94. The number of carbonyl (C=O) groups excluding carboxylic acids is 1. The summed E-state index contributed by atoms with van der Waals surface area (Å²) in [5.74, 6) is 1.90. The third-order valence-electron chi connectivity index (χ3n) is 4.06. The molecule has 3 heterocycles. The molecule has 1 saturated heterocycles. The number of ether oxygens (including phenoxy) is 1. The average Bonchev–Trinajstić information content (AvgIpc) is 3.18. The molecule has 0 saturated carbocycles. The quantitative estimate of drug-likeness (QED) is 0.856. The number of methoxy groups -OCH3 is 1. The highest BCUT2D eigenvalue weighted by molar-refractivity contribution is 5.95. The lowest BCUT2D eigenvalue weighted by atomic mass is 9.97. The summed E-state index contributed by atoms with van der Waals surface area (Å²) in [6.07, 6.45) is 1.53. The lowest BCUT2D eigenvalue weighted by Crippen LogP contribution is -2.29. The zero-order valence-corrected chi connectivity index (χ0v) is 12.9.